The van der Waals surface area contributed by atoms with Crippen molar-refractivity contribution in [1.29, 1.82) is 0 Å². The van der Waals surface area contributed by atoms with E-state index in [-0.39, 0.29) is 16.5 Å². The molecule has 0 N–H and O–H groups in total. The summed E-state index contributed by atoms with van der Waals surface area (Å²) in [4.78, 5) is 20.0. The number of halogens is 1. The third-order valence-corrected chi connectivity index (χ3v) is 9.75. The molecule has 1 amide bonds. The van der Waals surface area contributed by atoms with E-state index in [4.69, 9.17) is 11.6 Å². The van der Waals surface area contributed by atoms with Gasteiger partial charge in [-0.3, -0.25) is 9.48 Å². The first-order valence-corrected chi connectivity index (χ1v) is 14.7. The Balaban J connectivity index is 1.26. The highest BCUT2D eigenvalue weighted by molar-refractivity contribution is 7.89. The number of benzene rings is 1. The van der Waals surface area contributed by atoms with Gasteiger partial charge in [-0.15, -0.1) is 0 Å². The number of sulfonamides is 1. The van der Waals surface area contributed by atoms with Crippen molar-refractivity contribution in [2.24, 2.45) is 7.05 Å². The minimum absolute atomic E-state index is 0.135. The van der Waals surface area contributed by atoms with Crippen LogP contribution in [0.15, 0.2) is 35.5 Å². The summed E-state index contributed by atoms with van der Waals surface area (Å²) in [7, 11) is -2.24. The Labute approximate surface area is 218 Å². The smallest absolute Gasteiger partial charge is 0.263 e. The van der Waals surface area contributed by atoms with Gasteiger partial charge in [-0.1, -0.05) is 24.1 Å². The van der Waals surface area contributed by atoms with E-state index in [0.717, 1.165) is 31.6 Å². The molecule has 3 aliphatic heterocycles. The summed E-state index contributed by atoms with van der Waals surface area (Å²) >= 11 is 6.12. The first kappa shape index (κ1) is 25.5. The lowest BCUT2D eigenvalue weighted by atomic mass is 9.99. The lowest BCUT2D eigenvalue weighted by Crippen LogP contribution is -2.49. The van der Waals surface area contributed by atoms with Crippen molar-refractivity contribution >= 4 is 33.2 Å². The van der Waals surface area contributed by atoms with Gasteiger partial charge in [0.05, 0.1) is 5.56 Å². The topological polar surface area (TPSA) is 82.0 Å². The number of carbonyl (C=O) groups excluding carboxylic acids is 1. The van der Waals surface area contributed by atoms with Crippen molar-refractivity contribution in [3.63, 3.8) is 0 Å². The molecule has 1 aromatic heterocycles. The van der Waals surface area contributed by atoms with Crippen LogP contribution in [0.3, 0.4) is 0 Å². The van der Waals surface area contributed by atoms with E-state index in [1.54, 1.807) is 18.1 Å². The highest BCUT2D eigenvalue weighted by Gasteiger charge is 2.37. The average Bonchev–Trinajstić information content (AvgIpc) is 3.31. The molecule has 2 aromatic rings. The number of aromatic nitrogens is 2. The molecule has 0 atom stereocenters. The Morgan fingerprint density at radius 2 is 1.67 bits per heavy atom. The molecule has 5 rings (SSSR count). The molecule has 3 aliphatic rings. The predicted octanol–water partition coefficient (Wildman–Crippen LogP) is 2.67. The average molecular weight is 535 g/mol. The van der Waals surface area contributed by atoms with E-state index in [2.05, 4.69) is 14.9 Å². The number of amides is 1. The first-order valence-electron chi connectivity index (χ1n) is 12.9. The largest absolute Gasteiger partial charge is 0.369 e. The number of piperazine rings is 1. The fourth-order valence-electron chi connectivity index (χ4n) is 5.68. The molecule has 0 spiro atoms. The van der Waals surface area contributed by atoms with Crippen molar-refractivity contribution in [3.05, 3.63) is 41.0 Å². The van der Waals surface area contributed by atoms with Gasteiger partial charge in [-0.2, -0.15) is 9.40 Å². The van der Waals surface area contributed by atoms with Gasteiger partial charge in [-0.05, 0) is 57.0 Å². The molecule has 0 radical (unpaired) electrons. The number of rotatable bonds is 5. The monoisotopic (exact) mass is 534 g/mol. The zero-order valence-electron chi connectivity index (χ0n) is 20.9. The number of carbonyl (C=O) groups is 1. The quantitative estimate of drug-likeness (QED) is 0.586. The van der Waals surface area contributed by atoms with Crippen LogP contribution >= 0.6 is 11.6 Å². The third-order valence-electron chi connectivity index (χ3n) is 7.68. The second kappa shape index (κ2) is 10.7. The van der Waals surface area contributed by atoms with E-state index < -0.39 is 10.0 Å². The molecule has 196 valence electrons. The SMILES string of the molecule is Cn1cc(C(=O)N2CCC(N3CCCCC3)CC2)c(S(=O)(=O)N2CCN(c3cccc(Cl)c3)CC2)n1. The van der Waals surface area contributed by atoms with E-state index in [1.165, 1.54) is 28.2 Å². The van der Waals surface area contributed by atoms with Gasteiger partial charge >= 0.3 is 0 Å². The van der Waals surface area contributed by atoms with Gasteiger partial charge in [-0.25, -0.2) is 8.42 Å². The van der Waals surface area contributed by atoms with Crippen molar-refractivity contribution in [2.45, 2.75) is 43.2 Å². The fourth-order valence-corrected chi connectivity index (χ4v) is 7.40. The highest BCUT2D eigenvalue weighted by atomic mass is 35.5. The molecule has 4 heterocycles. The van der Waals surface area contributed by atoms with Crippen LogP contribution in [-0.4, -0.2) is 96.6 Å². The number of hydrogen-bond acceptors (Lipinski definition) is 6. The van der Waals surface area contributed by atoms with Crippen LogP contribution in [0.2, 0.25) is 5.02 Å². The number of nitrogens with zero attached hydrogens (tertiary/aromatic N) is 6. The minimum atomic E-state index is -3.90. The highest BCUT2D eigenvalue weighted by Crippen LogP contribution is 2.27. The number of anilines is 1. The summed E-state index contributed by atoms with van der Waals surface area (Å²) in [6, 6.07) is 8.08. The summed E-state index contributed by atoms with van der Waals surface area (Å²) in [6.07, 6.45) is 7.22. The molecule has 11 heteroatoms. The summed E-state index contributed by atoms with van der Waals surface area (Å²) < 4.78 is 30.1. The second-order valence-electron chi connectivity index (χ2n) is 10.0. The second-order valence-corrected chi connectivity index (χ2v) is 12.3. The maximum atomic E-state index is 13.6. The van der Waals surface area contributed by atoms with Gasteiger partial charge in [0, 0.05) is 69.3 Å². The molecular formula is C25H35ClN6O3S. The third kappa shape index (κ3) is 5.27. The molecule has 3 saturated heterocycles. The molecular weight excluding hydrogens is 500 g/mol. The Bertz CT molecular complexity index is 1180. The maximum Gasteiger partial charge on any atom is 0.263 e. The lowest BCUT2D eigenvalue weighted by Gasteiger charge is -2.40. The Morgan fingerprint density at radius 3 is 2.33 bits per heavy atom. The summed E-state index contributed by atoms with van der Waals surface area (Å²) in [5.41, 5.74) is 1.15. The Morgan fingerprint density at radius 1 is 0.972 bits per heavy atom. The van der Waals surface area contributed by atoms with Gasteiger partial charge in [0.2, 0.25) is 5.03 Å². The molecule has 36 heavy (non-hydrogen) atoms. The van der Waals surface area contributed by atoms with Gasteiger partial charge < -0.3 is 14.7 Å². The Hall–Kier alpha value is -2.14. The van der Waals surface area contributed by atoms with Crippen LogP contribution in [0.4, 0.5) is 5.69 Å². The van der Waals surface area contributed by atoms with E-state index in [9.17, 15) is 13.2 Å². The zero-order chi connectivity index (χ0) is 25.3. The summed E-state index contributed by atoms with van der Waals surface area (Å²) in [5, 5.41) is 4.77. The fraction of sp³-hybridized carbons (Fsp3) is 0.600. The number of aryl methyl sites for hydroxylation is 1. The van der Waals surface area contributed by atoms with Crippen LogP contribution in [0.5, 0.6) is 0 Å². The molecule has 0 bridgehead atoms. The van der Waals surface area contributed by atoms with E-state index in [0.29, 0.717) is 50.3 Å². The molecule has 3 fully saturated rings. The normalized spacial score (nSPS) is 21.2. The van der Waals surface area contributed by atoms with Crippen LogP contribution in [0, 0.1) is 0 Å². The van der Waals surface area contributed by atoms with Crippen LogP contribution in [0.25, 0.3) is 0 Å². The van der Waals surface area contributed by atoms with E-state index in [1.807, 2.05) is 24.3 Å². The molecule has 0 aliphatic carbocycles. The van der Waals surface area contributed by atoms with Crippen molar-refractivity contribution in [2.75, 3.05) is 57.3 Å². The number of piperidine rings is 2. The number of hydrogen-bond donors (Lipinski definition) is 0. The van der Waals surface area contributed by atoms with Crippen molar-refractivity contribution in [3.8, 4) is 0 Å². The molecule has 1 aromatic carbocycles. The summed E-state index contributed by atoms with van der Waals surface area (Å²) in [6.45, 7) is 5.31. The van der Waals surface area contributed by atoms with Gasteiger partial charge in [0.1, 0.15) is 0 Å². The molecule has 0 saturated carbocycles. The first-order chi connectivity index (χ1) is 17.3. The van der Waals surface area contributed by atoms with Crippen LogP contribution in [-0.2, 0) is 17.1 Å². The van der Waals surface area contributed by atoms with Crippen molar-refractivity contribution in [1.82, 2.24) is 23.9 Å². The molecule has 9 nitrogen and oxygen atoms in total. The standard InChI is InChI=1S/C25H35ClN6O3S/c1-28-19-23(25(33)31-12-8-21(9-13-31)29-10-3-2-4-11-29)24(27-28)36(34,35)32-16-14-30(15-17-32)22-7-5-6-20(26)18-22/h5-7,18-19,21H,2-4,8-17H2,1H3. The predicted molar refractivity (Wildman–Crippen MR) is 140 cm³/mol. The summed E-state index contributed by atoms with van der Waals surface area (Å²) in [5.74, 6) is -0.240. The van der Waals surface area contributed by atoms with Crippen LogP contribution in [0.1, 0.15) is 42.5 Å². The minimum Gasteiger partial charge on any atom is -0.369 e. The Kier molecular flexibility index (Phi) is 7.57. The van der Waals surface area contributed by atoms with Crippen molar-refractivity contribution < 1.29 is 13.2 Å². The van der Waals surface area contributed by atoms with Gasteiger partial charge in [0.15, 0.2) is 0 Å². The lowest BCUT2D eigenvalue weighted by molar-refractivity contribution is 0.0586. The zero-order valence-corrected chi connectivity index (χ0v) is 22.4. The maximum absolute atomic E-state index is 13.6. The van der Waals surface area contributed by atoms with E-state index >= 15 is 0 Å². The molecule has 0 unspecified atom stereocenters. The number of likely N-dealkylation sites (tertiary alicyclic amines) is 2. The van der Waals surface area contributed by atoms with Crippen LogP contribution < -0.4 is 4.90 Å². The van der Waals surface area contributed by atoms with Gasteiger partial charge in [0.25, 0.3) is 15.9 Å².